The molecule has 0 amide bonds. The van der Waals surface area contributed by atoms with Gasteiger partial charge >= 0.3 is 5.97 Å². The Morgan fingerprint density at radius 3 is 1.89 bits per heavy atom. The zero-order chi connectivity index (χ0) is 20.4. The van der Waals surface area contributed by atoms with Crippen LogP contribution in [0.25, 0.3) is 0 Å². The lowest BCUT2D eigenvalue weighted by molar-refractivity contribution is 0.0697. The minimum atomic E-state index is -4.07. The van der Waals surface area contributed by atoms with Crippen molar-refractivity contribution in [3.8, 4) is 0 Å². The van der Waals surface area contributed by atoms with E-state index in [4.69, 9.17) is 5.11 Å². The molecule has 2 N–H and O–H groups in total. The molecular formula is C19H15NO6S2. The second-order valence-corrected chi connectivity index (χ2v) is 9.41. The third-order valence-electron chi connectivity index (χ3n) is 3.86. The van der Waals surface area contributed by atoms with Gasteiger partial charge in [-0.05, 0) is 54.6 Å². The number of hydrogen-bond donors (Lipinski definition) is 2. The van der Waals surface area contributed by atoms with E-state index >= 15 is 0 Å². The van der Waals surface area contributed by atoms with E-state index in [9.17, 15) is 21.6 Å². The zero-order valence-corrected chi connectivity index (χ0v) is 15.9. The molecule has 0 atom stereocenters. The summed E-state index contributed by atoms with van der Waals surface area (Å²) in [6.07, 6.45) is 0. The van der Waals surface area contributed by atoms with Crippen molar-refractivity contribution in [3.05, 3.63) is 84.4 Å². The lowest BCUT2D eigenvalue weighted by Gasteiger charge is -2.10. The van der Waals surface area contributed by atoms with Crippen LogP contribution in [0.2, 0.25) is 0 Å². The fourth-order valence-corrected chi connectivity index (χ4v) is 4.95. The van der Waals surface area contributed by atoms with Crippen molar-refractivity contribution in [3.63, 3.8) is 0 Å². The van der Waals surface area contributed by atoms with Crippen molar-refractivity contribution in [2.75, 3.05) is 4.72 Å². The van der Waals surface area contributed by atoms with Crippen molar-refractivity contribution in [1.82, 2.24) is 0 Å². The summed E-state index contributed by atoms with van der Waals surface area (Å²) >= 11 is 0. The Morgan fingerprint density at radius 2 is 1.29 bits per heavy atom. The molecule has 0 fully saturated rings. The molecule has 9 heteroatoms. The molecule has 0 unspecified atom stereocenters. The molecule has 0 aliphatic carbocycles. The quantitative estimate of drug-likeness (QED) is 0.637. The zero-order valence-electron chi connectivity index (χ0n) is 14.3. The van der Waals surface area contributed by atoms with Crippen molar-refractivity contribution >= 4 is 31.5 Å². The number of sulfonamides is 1. The summed E-state index contributed by atoms with van der Waals surface area (Å²) in [5.41, 5.74) is 0.167. The van der Waals surface area contributed by atoms with E-state index in [1.807, 2.05) is 0 Å². The van der Waals surface area contributed by atoms with Crippen LogP contribution in [0.15, 0.2) is 93.5 Å². The van der Waals surface area contributed by atoms with Crippen LogP contribution in [-0.4, -0.2) is 27.9 Å². The molecule has 0 bridgehead atoms. The van der Waals surface area contributed by atoms with Crippen LogP contribution in [-0.2, 0) is 19.9 Å². The molecule has 0 heterocycles. The van der Waals surface area contributed by atoms with Gasteiger partial charge < -0.3 is 5.11 Å². The van der Waals surface area contributed by atoms with Crippen molar-refractivity contribution < 1.29 is 26.7 Å². The Kier molecular flexibility index (Phi) is 5.21. The molecule has 28 heavy (non-hydrogen) atoms. The van der Waals surface area contributed by atoms with Crippen LogP contribution in [0.1, 0.15) is 10.4 Å². The molecule has 3 aromatic carbocycles. The first kappa shape index (κ1) is 19.6. The van der Waals surface area contributed by atoms with Gasteiger partial charge in [-0.2, -0.15) is 0 Å². The second-order valence-electron chi connectivity index (χ2n) is 5.78. The van der Waals surface area contributed by atoms with E-state index in [-0.39, 0.29) is 25.9 Å². The van der Waals surface area contributed by atoms with Crippen LogP contribution in [0.3, 0.4) is 0 Å². The summed E-state index contributed by atoms with van der Waals surface area (Å²) in [6.45, 7) is 0. The van der Waals surface area contributed by atoms with Gasteiger partial charge in [0.05, 0.1) is 20.2 Å². The van der Waals surface area contributed by atoms with Gasteiger partial charge in [-0.3, -0.25) is 4.72 Å². The Bertz CT molecular complexity index is 1220. The minimum absolute atomic E-state index is 0.0129. The lowest BCUT2D eigenvalue weighted by atomic mass is 10.2. The third kappa shape index (κ3) is 4.05. The van der Waals surface area contributed by atoms with Crippen LogP contribution in [0.4, 0.5) is 5.69 Å². The number of nitrogens with one attached hydrogen (secondary N) is 1. The summed E-state index contributed by atoms with van der Waals surface area (Å²) in [5, 5.41) is 8.89. The Labute approximate surface area is 162 Å². The maximum atomic E-state index is 12.7. The van der Waals surface area contributed by atoms with Gasteiger partial charge in [-0.25, -0.2) is 21.6 Å². The average molecular weight is 417 g/mol. The monoisotopic (exact) mass is 417 g/mol. The van der Waals surface area contributed by atoms with Crippen LogP contribution in [0, 0.1) is 0 Å². The van der Waals surface area contributed by atoms with E-state index in [1.54, 1.807) is 18.2 Å². The normalized spacial score (nSPS) is 11.7. The first-order chi connectivity index (χ1) is 13.2. The highest BCUT2D eigenvalue weighted by Crippen LogP contribution is 2.24. The summed E-state index contributed by atoms with van der Waals surface area (Å²) in [7, 11) is -7.94. The molecule has 0 aliphatic heterocycles. The number of rotatable bonds is 6. The van der Waals surface area contributed by atoms with Gasteiger partial charge in [0, 0.05) is 5.69 Å². The minimum Gasteiger partial charge on any atom is -0.478 e. The van der Waals surface area contributed by atoms with E-state index in [0.717, 1.165) is 6.07 Å². The topological polar surface area (TPSA) is 118 Å². The molecule has 0 aromatic heterocycles. The number of carboxylic acid groups (broad SMARTS) is 1. The smallest absolute Gasteiger partial charge is 0.335 e. The van der Waals surface area contributed by atoms with Gasteiger partial charge in [0.1, 0.15) is 0 Å². The Morgan fingerprint density at radius 1 is 0.714 bits per heavy atom. The van der Waals surface area contributed by atoms with Crippen LogP contribution in [0.5, 0.6) is 0 Å². The molecule has 7 nitrogen and oxygen atoms in total. The molecule has 0 aliphatic rings. The Hall–Kier alpha value is -3.17. The summed E-state index contributed by atoms with van der Waals surface area (Å²) in [6, 6.07) is 17.9. The van der Waals surface area contributed by atoms with Crippen molar-refractivity contribution in [1.29, 1.82) is 0 Å². The van der Waals surface area contributed by atoms with E-state index in [1.165, 1.54) is 54.6 Å². The predicted octanol–water partition coefficient (Wildman–Crippen LogP) is 3.02. The first-order valence-corrected chi connectivity index (χ1v) is 10.9. The van der Waals surface area contributed by atoms with Gasteiger partial charge in [0.15, 0.2) is 0 Å². The highest BCUT2D eigenvalue weighted by atomic mass is 32.2. The second kappa shape index (κ2) is 7.45. The molecule has 0 spiro atoms. The molecule has 3 aromatic rings. The van der Waals surface area contributed by atoms with Crippen LogP contribution < -0.4 is 4.72 Å². The SMILES string of the molecule is O=C(O)c1ccc(NS(=O)(=O)c2cccc(S(=O)(=O)c3ccccc3)c2)cc1. The largest absolute Gasteiger partial charge is 0.478 e. The molecule has 3 rings (SSSR count). The van der Waals surface area contributed by atoms with Gasteiger partial charge in [-0.1, -0.05) is 24.3 Å². The van der Waals surface area contributed by atoms with Gasteiger partial charge in [-0.15, -0.1) is 0 Å². The number of sulfone groups is 1. The van der Waals surface area contributed by atoms with Gasteiger partial charge in [0.25, 0.3) is 10.0 Å². The molecular weight excluding hydrogens is 402 g/mol. The summed E-state index contributed by atoms with van der Waals surface area (Å²) in [5.74, 6) is -1.13. The Balaban J connectivity index is 1.93. The third-order valence-corrected chi connectivity index (χ3v) is 7.01. The van der Waals surface area contributed by atoms with Gasteiger partial charge in [0.2, 0.25) is 9.84 Å². The highest BCUT2D eigenvalue weighted by Gasteiger charge is 2.21. The maximum absolute atomic E-state index is 12.7. The number of carboxylic acids is 1. The van der Waals surface area contributed by atoms with E-state index < -0.39 is 25.8 Å². The number of aromatic carboxylic acids is 1. The molecule has 0 saturated heterocycles. The van der Waals surface area contributed by atoms with E-state index in [2.05, 4.69) is 4.72 Å². The van der Waals surface area contributed by atoms with Crippen molar-refractivity contribution in [2.45, 2.75) is 14.7 Å². The molecule has 144 valence electrons. The first-order valence-electron chi connectivity index (χ1n) is 7.96. The number of carbonyl (C=O) groups is 1. The number of benzene rings is 3. The average Bonchev–Trinajstić information content (AvgIpc) is 2.69. The fourth-order valence-electron chi connectivity index (χ4n) is 2.44. The molecule has 0 radical (unpaired) electrons. The predicted molar refractivity (Wildman–Crippen MR) is 103 cm³/mol. The van der Waals surface area contributed by atoms with E-state index in [0.29, 0.717) is 0 Å². The number of anilines is 1. The lowest BCUT2D eigenvalue weighted by Crippen LogP contribution is -2.14. The summed E-state index contributed by atoms with van der Waals surface area (Å²) < 4.78 is 52.9. The van der Waals surface area contributed by atoms with Crippen LogP contribution >= 0.6 is 0 Å². The summed E-state index contributed by atoms with van der Waals surface area (Å²) in [4.78, 5) is 10.5. The molecule has 0 saturated carbocycles. The highest BCUT2D eigenvalue weighted by molar-refractivity contribution is 7.93. The standard InChI is InChI=1S/C19H15NO6S2/c21-19(22)14-9-11-15(12-10-14)20-28(25,26)18-8-4-7-17(13-18)27(23,24)16-5-2-1-3-6-16/h1-13,20H,(H,21,22). The number of hydrogen-bond acceptors (Lipinski definition) is 5. The fraction of sp³-hybridized carbons (Fsp3) is 0. The maximum Gasteiger partial charge on any atom is 0.335 e. The van der Waals surface area contributed by atoms with Crippen molar-refractivity contribution in [2.24, 2.45) is 0 Å².